The molecule has 0 aromatic carbocycles. The molecule has 1 aliphatic carbocycles. The summed E-state index contributed by atoms with van der Waals surface area (Å²) in [5.41, 5.74) is 2.28. The first kappa shape index (κ1) is 23.6. The van der Waals surface area contributed by atoms with Gasteiger partial charge in [-0.25, -0.2) is 0 Å². The predicted molar refractivity (Wildman–Crippen MR) is 128 cm³/mol. The van der Waals surface area contributed by atoms with E-state index in [1.54, 1.807) is 11.8 Å². The van der Waals surface area contributed by atoms with Crippen LogP contribution in [0.25, 0.3) is 0 Å². The highest BCUT2D eigenvalue weighted by molar-refractivity contribution is 7.98. The third-order valence-corrected chi connectivity index (χ3v) is 6.37. The molecule has 172 valence electrons. The van der Waals surface area contributed by atoms with Gasteiger partial charge in [0.2, 0.25) is 0 Å². The minimum Gasteiger partial charge on any atom is -0.357 e. The Morgan fingerprint density at radius 3 is 2.68 bits per heavy atom. The molecule has 9 heteroatoms. The largest absolute Gasteiger partial charge is 0.357 e. The molecule has 1 aliphatic rings. The maximum Gasteiger partial charge on any atom is 0.191 e. The lowest BCUT2D eigenvalue weighted by atomic mass is 10.2. The van der Waals surface area contributed by atoms with Crippen molar-refractivity contribution in [1.82, 2.24) is 35.2 Å². The Morgan fingerprint density at radius 1 is 1.19 bits per heavy atom. The maximum atomic E-state index is 4.72. The number of aromatic nitrogens is 5. The minimum atomic E-state index is 0.585. The molecule has 1 saturated carbocycles. The molecule has 0 amide bonds. The summed E-state index contributed by atoms with van der Waals surface area (Å²) in [5, 5.41) is 21.3. The summed E-state index contributed by atoms with van der Waals surface area (Å²) in [5.74, 6) is 2.02. The van der Waals surface area contributed by atoms with Crippen LogP contribution < -0.4 is 10.6 Å². The van der Waals surface area contributed by atoms with E-state index in [9.17, 15) is 0 Å². The normalized spacial score (nSPS) is 15.0. The molecular weight excluding hydrogens is 408 g/mol. The lowest BCUT2D eigenvalue weighted by Crippen LogP contribution is -2.38. The number of hydrogen-bond acceptors (Lipinski definition) is 5. The van der Waals surface area contributed by atoms with Crippen LogP contribution in [0, 0.1) is 13.8 Å². The Kier molecular flexibility index (Phi) is 9.24. The quantitative estimate of drug-likeness (QED) is 0.238. The van der Waals surface area contributed by atoms with Gasteiger partial charge in [-0.15, -0.1) is 10.2 Å². The monoisotopic (exact) mass is 446 g/mol. The molecule has 2 N–H and O–H groups in total. The fraction of sp³-hybridized carbons (Fsp3) is 0.727. The molecule has 2 heterocycles. The topological polar surface area (TPSA) is 84.9 Å². The number of aliphatic imine (C=N–C) groups is 1. The summed E-state index contributed by atoms with van der Waals surface area (Å²) in [6.07, 6.45) is 10.2. The van der Waals surface area contributed by atoms with Crippen molar-refractivity contribution in [2.75, 3.05) is 25.9 Å². The number of aryl methyl sites for hydroxylation is 4. The molecule has 0 unspecified atom stereocenters. The van der Waals surface area contributed by atoms with Gasteiger partial charge in [-0.05, 0) is 58.8 Å². The summed E-state index contributed by atoms with van der Waals surface area (Å²) in [6.45, 7) is 9.64. The van der Waals surface area contributed by atoms with Crippen molar-refractivity contribution in [2.24, 2.45) is 4.99 Å². The lowest BCUT2D eigenvalue weighted by Gasteiger charge is -2.16. The number of thioether (sulfide) groups is 1. The van der Waals surface area contributed by atoms with Crippen LogP contribution in [0.3, 0.4) is 0 Å². The van der Waals surface area contributed by atoms with Crippen molar-refractivity contribution in [2.45, 2.75) is 83.5 Å². The highest BCUT2D eigenvalue weighted by Gasteiger charge is 2.23. The Morgan fingerprint density at radius 2 is 2.00 bits per heavy atom. The first-order valence-corrected chi connectivity index (χ1v) is 12.9. The lowest BCUT2D eigenvalue weighted by molar-refractivity contribution is 0.460. The van der Waals surface area contributed by atoms with Crippen molar-refractivity contribution in [3.8, 4) is 0 Å². The number of rotatable bonds is 11. The van der Waals surface area contributed by atoms with Gasteiger partial charge in [0.1, 0.15) is 5.82 Å². The molecule has 0 atom stereocenters. The van der Waals surface area contributed by atoms with Crippen LogP contribution in [-0.4, -0.2) is 56.4 Å². The fourth-order valence-electron chi connectivity index (χ4n) is 4.25. The average molecular weight is 447 g/mol. The van der Waals surface area contributed by atoms with E-state index in [1.165, 1.54) is 31.4 Å². The Hall–Kier alpha value is -2.03. The highest BCUT2D eigenvalue weighted by atomic mass is 32.2. The van der Waals surface area contributed by atoms with Crippen molar-refractivity contribution in [3.05, 3.63) is 23.3 Å². The van der Waals surface area contributed by atoms with Crippen LogP contribution in [0.15, 0.2) is 16.2 Å². The molecule has 8 nitrogen and oxygen atoms in total. The van der Waals surface area contributed by atoms with Crippen LogP contribution in [0.1, 0.15) is 68.7 Å². The second kappa shape index (κ2) is 12.1. The molecular formula is C22H38N8S. The van der Waals surface area contributed by atoms with Crippen LogP contribution in [0.2, 0.25) is 0 Å². The van der Waals surface area contributed by atoms with Gasteiger partial charge in [0.05, 0.1) is 5.69 Å². The molecule has 0 radical (unpaired) electrons. The first-order valence-electron chi connectivity index (χ1n) is 11.6. The Labute approximate surface area is 190 Å². The molecule has 2 aromatic rings. The Bertz CT molecular complexity index is 835. The zero-order chi connectivity index (χ0) is 22.1. The van der Waals surface area contributed by atoms with E-state index in [0.717, 1.165) is 68.1 Å². The summed E-state index contributed by atoms with van der Waals surface area (Å²) in [7, 11) is 0. The zero-order valence-electron chi connectivity index (χ0n) is 19.5. The van der Waals surface area contributed by atoms with Gasteiger partial charge in [0.15, 0.2) is 11.1 Å². The van der Waals surface area contributed by atoms with E-state index in [0.29, 0.717) is 6.04 Å². The van der Waals surface area contributed by atoms with Crippen LogP contribution in [-0.2, 0) is 13.0 Å². The van der Waals surface area contributed by atoms with Gasteiger partial charge < -0.3 is 15.2 Å². The molecule has 0 bridgehead atoms. The van der Waals surface area contributed by atoms with Gasteiger partial charge in [0.25, 0.3) is 0 Å². The summed E-state index contributed by atoms with van der Waals surface area (Å²) in [6, 6.07) is 2.70. The van der Waals surface area contributed by atoms with E-state index in [4.69, 9.17) is 4.99 Å². The number of hydrogen-bond donors (Lipinski definition) is 2. The van der Waals surface area contributed by atoms with Crippen molar-refractivity contribution in [1.29, 1.82) is 0 Å². The number of guanidine groups is 1. The average Bonchev–Trinajstić information content (AvgIpc) is 3.48. The molecule has 1 fully saturated rings. The van der Waals surface area contributed by atoms with E-state index in [-0.39, 0.29) is 0 Å². The maximum absolute atomic E-state index is 4.72. The van der Waals surface area contributed by atoms with Gasteiger partial charge >= 0.3 is 0 Å². The number of nitrogens with zero attached hydrogens (tertiary/aromatic N) is 6. The highest BCUT2D eigenvalue weighted by Crippen LogP contribution is 2.33. The van der Waals surface area contributed by atoms with Crippen molar-refractivity contribution < 1.29 is 0 Å². The third kappa shape index (κ3) is 6.72. The molecule has 0 saturated heterocycles. The smallest absolute Gasteiger partial charge is 0.191 e. The second-order valence-electron chi connectivity index (χ2n) is 8.21. The zero-order valence-corrected chi connectivity index (χ0v) is 20.3. The van der Waals surface area contributed by atoms with Gasteiger partial charge in [-0.2, -0.15) is 5.10 Å². The summed E-state index contributed by atoms with van der Waals surface area (Å²) < 4.78 is 4.46. The predicted octanol–water partition coefficient (Wildman–Crippen LogP) is 3.51. The van der Waals surface area contributed by atoms with Crippen LogP contribution in [0.5, 0.6) is 0 Å². The third-order valence-electron chi connectivity index (χ3n) is 5.72. The molecule has 0 spiro atoms. The second-order valence-corrected chi connectivity index (χ2v) is 8.98. The van der Waals surface area contributed by atoms with Crippen molar-refractivity contribution >= 4 is 17.7 Å². The summed E-state index contributed by atoms with van der Waals surface area (Å²) in [4.78, 5) is 4.72. The molecule has 31 heavy (non-hydrogen) atoms. The number of nitrogens with one attached hydrogen (secondary N) is 2. The van der Waals surface area contributed by atoms with E-state index in [2.05, 4.69) is 61.3 Å². The minimum absolute atomic E-state index is 0.585. The van der Waals surface area contributed by atoms with E-state index >= 15 is 0 Å². The van der Waals surface area contributed by atoms with Crippen LogP contribution in [0.4, 0.5) is 0 Å². The van der Waals surface area contributed by atoms with E-state index < -0.39 is 0 Å². The molecule has 2 aromatic heterocycles. The standard InChI is InChI=1S/C22H38N8S/c1-5-23-21(25-14-9-15-29-18(3)16-17(2)28-29)24-13-8-12-20-26-27-22(31-4)30(20)19-10-6-7-11-19/h16,19H,5-15H2,1-4H3,(H2,23,24,25). The SMILES string of the molecule is CCNC(=NCCCn1nc(C)cc1C)NCCCc1nnc(SC)n1C1CCCC1. The van der Waals surface area contributed by atoms with Crippen molar-refractivity contribution in [3.63, 3.8) is 0 Å². The van der Waals surface area contributed by atoms with Crippen LogP contribution >= 0.6 is 11.8 Å². The molecule has 3 rings (SSSR count). The molecule has 0 aliphatic heterocycles. The Balaban J connectivity index is 1.44. The van der Waals surface area contributed by atoms with Gasteiger partial charge in [-0.1, -0.05) is 24.6 Å². The van der Waals surface area contributed by atoms with Gasteiger partial charge in [0, 0.05) is 44.3 Å². The van der Waals surface area contributed by atoms with Gasteiger partial charge in [-0.3, -0.25) is 9.67 Å². The van der Waals surface area contributed by atoms with E-state index in [1.807, 2.05) is 6.92 Å². The first-order chi connectivity index (χ1) is 15.1. The summed E-state index contributed by atoms with van der Waals surface area (Å²) >= 11 is 1.70. The fourth-order valence-corrected chi connectivity index (χ4v) is 4.83.